The molecule has 0 spiro atoms. The number of carbonyl (C=O) groups is 4. The molecule has 1 unspecified atom stereocenters. The smallest absolute Gasteiger partial charge is 0.408 e. The van der Waals surface area contributed by atoms with Crippen molar-refractivity contribution in [3.05, 3.63) is 12.7 Å². The average Bonchev–Trinajstić information content (AvgIpc) is 3.26. The highest BCUT2D eigenvalue weighted by Crippen LogP contribution is 2.45. The van der Waals surface area contributed by atoms with E-state index in [1.54, 1.807) is 54.5 Å². The summed E-state index contributed by atoms with van der Waals surface area (Å²) in [5.41, 5.74) is -2.68. The molecule has 10 heteroatoms. The third kappa shape index (κ3) is 6.28. The number of nitrogens with zero attached hydrogens (tertiary/aromatic N) is 1. The van der Waals surface area contributed by atoms with Crippen LogP contribution in [0.3, 0.4) is 0 Å². The van der Waals surface area contributed by atoms with Gasteiger partial charge < -0.3 is 30.1 Å². The fourth-order valence-electron chi connectivity index (χ4n) is 4.11. The summed E-state index contributed by atoms with van der Waals surface area (Å²) >= 11 is 0. The van der Waals surface area contributed by atoms with Crippen molar-refractivity contribution in [2.75, 3.05) is 13.2 Å². The van der Waals surface area contributed by atoms with Crippen molar-refractivity contribution >= 4 is 23.9 Å². The SMILES string of the molecule is C=CC1C[C@]1(NC(=O)[C@@H]1C[C@H](O)CN1C(=O)[C@@H](NC(=O)OC(C)(C)C)C(C)(C)C)C(=O)OCC. The Labute approximate surface area is 201 Å². The number of amides is 3. The second kappa shape index (κ2) is 9.93. The molecule has 1 heterocycles. The summed E-state index contributed by atoms with van der Waals surface area (Å²) in [5.74, 6) is -1.91. The van der Waals surface area contributed by atoms with Crippen LogP contribution in [0.25, 0.3) is 0 Å². The van der Waals surface area contributed by atoms with Crippen molar-refractivity contribution < 1.29 is 33.8 Å². The molecule has 0 radical (unpaired) electrons. The van der Waals surface area contributed by atoms with Gasteiger partial charge in [-0.05, 0) is 39.5 Å². The van der Waals surface area contributed by atoms with E-state index in [-0.39, 0.29) is 25.5 Å². The predicted molar refractivity (Wildman–Crippen MR) is 125 cm³/mol. The van der Waals surface area contributed by atoms with Crippen LogP contribution < -0.4 is 10.6 Å². The maximum absolute atomic E-state index is 13.5. The number of β-amino-alcohol motifs (C(OH)–C–C–N with tert-alkyl or cyclic N) is 1. The van der Waals surface area contributed by atoms with Crippen LogP contribution in [-0.2, 0) is 23.9 Å². The molecule has 10 nitrogen and oxygen atoms in total. The van der Waals surface area contributed by atoms with Crippen molar-refractivity contribution in [2.45, 2.75) is 90.6 Å². The van der Waals surface area contributed by atoms with Gasteiger partial charge in [0.2, 0.25) is 11.8 Å². The molecule has 1 saturated heterocycles. The molecule has 192 valence electrons. The van der Waals surface area contributed by atoms with Gasteiger partial charge in [-0.25, -0.2) is 9.59 Å². The minimum atomic E-state index is -1.21. The Bertz CT molecular complexity index is 829. The third-order valence-electron chi connectivity index (χ3n) is 5.92. The zero-order chi connectivity index (χ0) is 26.1. The summed E-state index contributed by atoms with van der Waals surface area (Å²) in [7, 11) is 0. The third-order valence-corrected chi connectivity index (χ3v) is 5.92. The van der Waals surface area contributed by atoms with E-state index in [0.29, 0.717) is 6.42 Å². The first-order valence-corrected chi connectivity index (χ1v) is 11.7. The first kappa shape index (κ1) is 27.6. The summed E-state index contributed by atoms with van der Waals surface area (Å²) in [6, 6.07) is -2.02. The Morgan fingerprint density at radius 3 is 2.29 bits per heavy atom. The Morgan fingerprint density at radius 2 is 1.82 bits per heavy atom. The van der Waals surface area contributed by atoms with Crippen molar-refractivity contribution in [3.8, 4) is 0 Å². The quantitative estimate of drug-likeness (QED) is 0.371. The fraction of sp³-hybridized carbons (Fsp3) is 0.750. The maximum atomic E-state index is 13.5. The van der Waals surface area contributed by atoms with Crippen LogP contribution in [0.15, 0.2) is 12.7 Å². The molecule has 2 aliphatic rings. The van der Waals surface area contributed by atoms with Crippen molar-refractivity contribution in [1.82, 2.24) is 15.5 Å². The van der Waals surface area contributed by atoms with E-state index in [0.717, 1.165) is 0 Å². The van der Waals surface area contributed by atoms with Crippen LogP contribution in [0.4, 0.5) is 4.79 Å². The maximum Gasteiger partial charge on any atom is 0.408 e. The topological polar surface area (TPSA) is 134 Å². The number of carbonyl (C=O) groups excluding carboxylic acids is 4. The van der Waals surface area contributed by atoms with Gasteiger partial charge in [-0.2, -0.15) is 0 Å². The summed E-state index contributed by atoms with van der Waals surface area (Å²) in [6.45, 7) is 16.0. The van der Waals surface area contributed by atoms with Gasteiger partial charge in [-0.3, -0.25) is 9.59 Å². The molecule has 0 aromatic rings. The summed E-state index contributed by atoms with van der Waals surface area (Å²) < 4.78 is 10.4. The molecule has 0 aromatic heterocycles. The number of likely N-dealkylation sites (tertiary alicyclic amines) is 1. The number of aliphatic hydroxyl groups is 1. The largest absolute Gasteiger partial charge is 0.464 e. The number of aliphatic hydroxyl groups excluding tert-OH is 1. The molecule has 2 fully saturated rings. The van der Waals surface area contributed by atoms with Gasteiger partial charge in [0.05, 0.1) is 12.7 Å². The lowest BCUT2D eigenvalue weighted by Gasteiger charge is -2.36. The van der Waals surface area contributed by atoms with Crippen LogP contribution in [0.5, 0.6) is 0 Å². The zero-order valence-corrected chi connectivity index (χ0v) is 21.3. The normalized spacial score (nSPS) is 27.4. The Balaban J connectivity index is 2.24. The lowest BCUT2D eigenvalue weighted by molar-refractivity contribution is -0.150. The van der Waals surface area contributed by atoms with Gasteiger partial charge in [-0.1, -0.05) is 26.8 Å². The number of alkyl carbamates (subject to hydrolysis) is 1. The number of esters is 1. The highest BCUT2D eigenvalue weighted by molar-refractivity contribution is 5.96. The van der Waals surface area contributed by atoms with Gasteiger partial charge >= 0.3 is 12.1 Å². The molecule has 1 aliphatic heterocycles. The molecule has 3 N–H and O–H groups in total. The van der Waals surface area contributed by atoms with Gasteiger partial charge in [-0.15, -0.1) is 6.58 Å². The van der Waals surface area contributed by atoms with E-state index >= 15 is 0 Å². The molecule has 1 saturated carbocycles. The lowest BCUT2D eigenvalue weighted by atomic mass is 9.85. The van der Waals surface area contributed by atoms with Crippen molar-refractivity contribution in [3.63, 3.8) is 0 Å². The van der Waals surface area contributed by atoms with Gasteiger partial charge in [0, 0.05) is 18.9 Å². The number of hydrogen-bond donors (Lipinski definition) is 3. The summed E-state index contributed by atoms with van der Waals surface area (Å²) in [5, 5.41) is 15.7. The Hall–Kier alpha value is -2.62. The Kier molecular flexibility index (Phi) is 8.07. The van der Waals surface area contributed by atoms with E-state index in [1.807, 2.05) is 0 Å². The molecule has 34 heavy (non-hydrogen) atoms. The van der Waals surface area contributed by atoms with Crippen molar-refractivity contribution in [2.24, 2.45) is 11.3 Å². The molecular formula is C24H39N3O7. The highest BCUT2D eigenvalue weighted by Gasteiger charge is 2.62. The lowest BCUT2D eigenvalue weighted by Crippen LogP contribution is -2.59. The number of hydrogen-bond acceptors (Lipinski definition) is 7. The molecule has 2 rings (SSSR count). The average molecular weight is 482 g/mol. The first-order valence-electron chi connectivity index (χ1n) is 11.7. The molecule has 0 aromatic carbocycles. The van der Waals surface area contributed by atoms with E-state index in [1.165, 1.54) is 4.90 Å². The second-order valence-corrected chi connectivity index (χ2v) is 11.1. The van der Waals surface area contributed by atoms with Crippen LogP contribution in [-0.4, -0.2) is 76.4 Å². The van der Waals surface area contributed by atoms with E-state index in [9.17, 15) is 24.3 Å². The van der Waals surface area contributed by atoms with E-state index < -0.39 is 58.6 Å². The van der Waals surface area contributed by atoms with E-state index in [4.69, 9.17) is 9.47 Å². The second-order valence-electron chi connectivity index (χ2n) is 11.1. The molecule has 5 atom stereocenters. The molecule has 1 aliphatic carbocycles. The van der Waals surface area contributed by atoms with Crippen LogP contribution >= 0.6 is 0 Å². The van der Waals surface area contributed by atoms with E-state index in [2.05, 4.69) is 17.2 Å². The minimum Gasteiger partial charge on any atom is -0.464 e. The number of nitrogens with one attached hydrogen (secondary N) is 2. The standard InChI is InChI=1S/C24H39N3O7/c1-9-14-12-24(14,20(31)33-10-2)26-18(29)16-11-15(28)13-27(16)19(30)17(22(3,4)5)25-21(32)34-23(6,7)8/h9,14-17,28H,1,10-13H2,2-8H3,(H,25,32)(H,26,29)/t14?,15-,16-,17+,24+/m0/s1. The fourth-order valence-corrected chi connectivity index (χ4v) is 4.11. The van der Waals surface area contributed by atoms with Crippen molar-refractivity contribution in [1.29, 1.82) is 0 Å². The monoisotopic (exact) mass is 481 g/mol. The molecule has 3 amide bonds. The predicted octanol–water partition coefficient (Wildman–Crippen LogP) is 1.51. The number of rotatable bonds is 7. The number of ether oxygens (including phenoxy) is 2. The molecule has 0 bridgehead atoms. The summed E-state index contributed by atoms with van der Waals surface area (Å²) in [4.78, 5) is 53.0. The Morgan fingerprint density at radius 1 is 1.21 bits per heavy atom. The summed E-state index contributed by atoms with van der Waals surface area (Å²) in [6.07, 6.45) is 0.280. The highest BCUT2D eigenvalue weighted by atomic mass is 16.6. The van der Waals surface area contributed by atoms with Gasteiger partial charge in [0.15, 0.2) is 0 Å². The molecular weight excluding hydrogens is 442 g/mol. The first-order chi connectivity index (χ1) is 15.6. The van der Waals surface area contributed by atoms with Crippen LogP contribution in [0.2, 0.25) is 0 Å². The van der Waals surface area contributed by atoms with Crippen LogP contribution in [0, 0.1) is 11.3 Å². The zero-order valence-electron chi connectivity index (χ0n) is 21.3. The van der Waals surface area contributed by atoms with Crippen LogP contribution in [0.1, 0.15) is 61.3 Å². The minimum absolute atomic E-state index is 0.0124. The van der Waals surface area contributed by atoms with Gasteiger partial charge in [0.25, 0.3) is 0 Å². The van der Waals surface area contributed by atoms with Gasteiger partial charge in [0.1, 0.15) is 23.2 Å².